The van der Waals surface area contributed by atoms with Crippen molar-refractivity contribution in [3.63, 3.8) is 0 Å². The van der Waals surface area contributed by atoms with Crippen molar-refractivity contribution >= 4 is 34.1 Å². The van der Waals surface area contributed by atoms with Gasteiger partial charge in [-0.3, -0.25) is 9.78 Å². The minimum absolute atomic E-state index is 0.454. The Balaban J connectivity index is 1.66. The van der Waals surface area contributed by atoms with Crippen molar-refractivity contribution < 1.29 is 14.3 Å². The lowest BCUT2D eigenvalue weighted by atomic mass is 10.0. The zero-order chi connectivity index (χ0) is 25.5. The van der Waals surface area contributed by atoms with Crippen LogP contribution in [0.1, 0.15) is 42.6 Å². The van der Waals surface area contributed by atoms with E-state index >= 15 is 0 Å². The quantitative estimate of drug-likeness (QED) is 0.109. The predicted molar refractivity (Wildman–Crippen MR) is 144 cm³/mol. The summed E-state index contributed by atoms with van der Waals surface area (Å²) in [7, 11) is 0. The van der Waals surface area contributed by atoms with Gasteiger partial charge < -0.3 is 15.2 Å². The number of nitrogens with two attached hydrogens (primary N) is 1. The molecule has 0 atom stereocenters. The second-order valence-corrected chi connectivity index (χ2v) is 8.42. The third-order valence-electron chi connectivity index (χ3n) is 5.83. The van der Waals surface area contributed by atoms with Gasteiger partial charge in [-0.1, -0.05) is 37.6 Å². The van der Waals surface area contributed by atoms with Gasteiger partial charge in [-0.05, 0) is 61.5 Å². The Morgan fingerprint density at radius 2 is 1.81 bits per heavy atom. The van der Waals surface area contributed by atoms with Crippen LogP contribution in [0.2, 0.25) is 0 Å². The molecule has 36 heavy (non-hydrogen) atoms. The molecule has 0 aliphatic carbocycles. The Labute approximate surface area is 211 Å². The fourth-order valence-corrected chi connectivity index (χ4v) is 3.97. The van der Waals surface area contributed by atoms with E-state index in [4.69, 9.17) is 15.2 Å². The average molecular weight is 483 g/mol. The van der Waals surface area contributed by atoms with Gasteiger partial charge in [0.25, 0.3) is 0 Å². The topological polar surface area (TPSA) is 99.2 Å². The van der Waals surface area contributed by atoms with Crippen LogP contribution in [0.15, 0.2) is 71.0 Å². The van der Waals surface area contributed by atoms with Crippen LogP contribution in [0.5, 0.6) is 11.5 Å². The number of aldehydes is 1. The number of pyridine rings is 1. The highest BCUT2D eigenvalue weighted by Crippen LogP contribution is 2.40. The molecule has 0 fully saturated rings. The molecule has 7 heteroatoms. The zero-order valence-corrected chi connectivity index (χ0v) is 20.8. The number of nitrogen functional groups attached to an aromatic ring is 1. The predicted octanol–water partition coefficient (Wildman–Crippen LogP) is 7.60. The number of fused-ring (bicyclic) bond motifs is 1. The summed E-state index contributed by atoms with van der Waals surface area (Å²) in [5.41, 5.74) is 11.0. The molecule has 4 aromatic rings. The van der Waals surface area contributed by atoms with E-state index in [1.807, 2.05) is 56.3 Å². The number of anilines is 1. The maximum atomic E-state index is 11.6. The van der Waals surface area contributed by atoms with Gasteiger partial charge >= 0.3 is 0 Å². The maximum absolute atomic E-state index is 11.6. The molecule has 0 bridgehead atoms. The van der Waals surface area contributed by atoms with E-state index in [0.717, 1.165) is 35.5 Å². The number of aromatic nitrogens is 1. The van der Waals surface area contributed by atoms with Crippen LogP contribution < -0.4 is 15.2 Å². The van der Waals surface area contributed by atoms with Gasteiger partial charge in [0.05, 0.1) is 30.8 Å². The van der Waals surface area contributed by atoms with Crippen molar-refractivity contribution in [3.05, 3.63) is 71.9 Å². The van der Waals surface area contributed by atoms with Gasteiger partial charge in [-0.15, -0.1) is 10.2 Å². The van der Waals surface area contributed by atoms with Gasteiger partial charge in [0.2, 0.25) is 0 Å². The number of hydrogen-bond acceptors (Lipinski definition) is 7. The van der Waals surface area contributed by atoms with E-state index in [-0.39, 0.29) is 0 Å². The second kappa shape index (κ2) is 11.4. The van der Waals surface area contributed by atoms with Crippen molar-refractivity contribution in [2.45, 2.75) is 33.6 Å². The summed E-state index contributed by atoms with van der Waals surface area (Å²) in [4.78, 5) is 16.2. The van der Waals surface area contributed by atoms with Crippen LogP contribution in [0.4, 0.5) is 17.1 Å². The number of ether oxygens (including phenoxy) is 2. The number of azo groups is 1. The Hall–Kier alpha value is -4.26. The molecule has 0 unspecified atom stereocenters. The summed E-state index contributed by atoms with van der Waals surface area (Å²) < 4.78 is 11.9. The van der Waals surface area contributed by atoms with E-state index in [9.17, 15) is 4.79 Å². The smallest absolute Gasteiger partial charge is 0.170 e. The molecule has 7 nitrogen and oxygen atoms in total. The first kappa shape index (κ1) is 24.9. The van der Waals surface area contributed by atoms with Crippen LogP contribution in [0.3, 0.4) is 0 Å². The van der Waals surface area contributed by atoms with Crippen molar-refractivity contribution in [3.8, 4) is 22.8 Å². The maximum Gasteiger partial charge on any atom is 0.170 e. The Morgan fingerprint density at radius 3 is 2.50 bits per heavy atom. The highest BCUT2D eigenvalue weighted by molar-refractivity contribution is 6.00. The molecular formula is C29H30N4O3. The highest BCUT2D eigenvalue weighted by Gasteiger charge is 2.17. The van der Waals surface area contributed by atoms with E-state index < -0.39 is 0 Å². The van der Waals surface area contributed by atoms with Crippen molar-refractivity contribution in [2.75, 3.05) is 18.9 Å². The molecule has 1 aromatic heterocycles. The first-order chi connectivity index (χ1) is 17.5. The molecule has 0 radical (unpaired) electrons. The molecule has 0 saturated carbocycles. The largest absolute Gasteiger partial charge is 0.490 e. The summed E-state index contributed by atoms with van der Waals surface area (Å²) in [5.74, 6) is 1.11. The van der Waals surface area contributed by atoms with E-state index in [2.05, 4.69) is 22.1 Å². The second-order valence-electron chi connectivity index (χ2n) is 8.42. The van der Waals surface area contributed by atoms with Crippen LogP contribution in [-0.4, -0.2) is 24.5 Å². The van der Waals surface area contributed by atoms with Crippen molar-refractivity contribution in [1.82, 2.24) is 4.98 Å². The van der Waals surface area contributed by atoms with Gasteiger partial charge in [0, 0.05) is 16.5 Å². The normalized spacial score (nSPS) is 11.2. The summed E-state index contributed by atoms with van der Waals surface area (Å²) in [6.07, 6.45) is 4.34. The lowest BCUT2D eigenvalue weighted by Crippen LogP contribution is -2.04. The number of hydrogen-bond donors (Lipinski definition) is 1. The fourth-order valence-electron chi connectivity index (χ4n) is 3.97. The van der Waals surface area contributed by atoms with Crippen LogP contribution >= 0.6 is 0 Å². The molecular weight excluding hydrogens is 452 g/mol. The van der Waals surface area contributed by atoms with Gasteiger partial charge in [-0.2, -0.15) is 0 Å². The highest BCUT2D eigenvalue weighted by atomic mass is 16.5. The van der Waals surface area contributed by atoms with Gasteiger partial charge in [-0.25, -0.2) is 0 Å². The minimum Gasteiger partial charge on any atom is -0.490 e. The molecule has 4 rings (SSSR count). The molecule has 0 aliphatic rings. The van der Waals surface area contributed by atoms with Gasteiger partial charge in [0.1, 0.15) is 17.7 Å². The van der Waals surface area contributed by atoms with Crippen LogP contribution in [0.25, 0.3) is 22.0 Å². The number of rotatable bonds is 10. The molecule has 184 valence electrons. The van der Waals surface area contributed by atoms with E-state index in [1.165, 1.54) is 0 Å². The molecule has 1 heterocycles. The summed E-state index contributed by atoms with van der Waals surface area (Å²) in [6.45, 7) is 7.02. The summed E-state index contributed by atoms with van der Waals surface area (Å²) in [6, 6.07) is 17.0. The SMILES string of the molecule is CCCCOc1c(OCC)cc(C=O)cc1-c1ccc(N=Nc2cc(C)c3ccccc3c2N)cn1. The molecule has 0 amide bonds. The number of nitrogens with zero attached hydrogens (tertiary/aromatic N) is 3. The van der Waals surface area contributed by atoms with Gasteiger partial charge in [0.15, 0.2) is 11.5 Å². The molecule has 0 saturated heterocycles. The molecule has 2 N–H and O–H groups in total. The van der Waals surface area contributed by atoms with Crippen LogP contribution in [0, 0.1) is 6.92 Å². The number of carbonyl (C=O) groups is 1. The third kappa shape index (κ3) is 5.35. The van der Waals surface area contributed by atoms with Crippen molar-refractivity contribution in [2.24, 2.45) is 10.2 Å². The first-order valence-corrected chi connectivity index (χ1v) is 12.1. The minimum atomic E-state index is 0.454. The third-order valence-corrected chi connectivity index (χ3v) is 5.83. The molecule has 0 aliphatic heterocycles. The Bertz CT molecular complexity index is 1400. The Morgan fingerprint density at radius 1 is 1.00 bits per heavy atom. The lowest BCUT2D eigenvalue weighted by Gasteiger charge is -2.16. The summed E-state index contributed by atoms with van der Waals surface area (Å²) >= 11 is 0. The van der Waals surface area contributed by atoms with E-state index in [0.29, 0.717) is 58.6 Å². The number of unbranched alkanes of at least 4 members (excludes halogenated alkanes) is 1. The fraction of sp³-hybridized carbons (Fsp3) is 0.241. The van der Waals surface area contributed by atoms with Crippen molar-refractivity contribution in [1.29, 1.82) is 0 Å². The summed E-state index contributed by atoms with van der Waals surface area (Å²) in [5, 5.41) is 10.8. The molecule has 0 spiro atoms. The average Bonchev–Trinajstić information content (AvgIpc) is 2.91. The number of carbonyl (C=O) groups excluding carboxylic acids is 1. The lowest BCUT2D eigenvalue weighted by molar-refractivity contribution is 0.112. The number of benzene rings is 3. The standard InChI is InChI=1S/C29H30N4O3/c1-4-6-13-36-29-24(15-20(18-34)16-27(29)35-5-2)25-12-11-21(17-31-25)32-33-26-14-19(3)22-9-7-8-10-23(22)28(26)30/h7-12,14-18H,4-6,13,30H2,1-3H3. The van der Waals surface area contributed by atoms with Crippen LogP contribution in [-0.2, 0) is 0 Å². The Kier molecular flexibility index (Phi) is 7.90. The number of aryl methyl sites for hydroxylation is 1. The zero-order valence-electron chi connectivity index (χ0n) is 20.8. The van der Waals surface area contributed by atoms with E-state index in [1.54, 1.807) is 18.3 Å². The monoisotopic (exact) mass is 482 g/mol. The molecule has 3 aromatic carbocycles. The first-order valence-electron chi connectivity index (χ1n) is 12.1.